The second-order valence-electron chi connectivity index (χ2n) is 4.42. The van der Waals surface area contributed by atoms with E-state index >= 15 is 0 Å². The van der Waals surface area contributed by atoms with Crippen LogP contribution < -0.4 is 5.32 Å². The van der Waals surface area contributed by atoms with Crippen molar-refractivity contribution < 1.29 is 9.53 Å². The summed E-state index contributed by atoms with van der Waals surface area (Å²) in [6, 6.07) is 1.92. The van der Waals surface area contributed by atoms with Gasteiger partial charge in [-0.3, -0.25) is 9.79 Å². The van der Waals surface area contributed by atoms with Crippen LogP contribution in [-0.2, 0) is 23.1 Å². The first-order valence-electron chi connectivity index (χ1n) is 6.27. The fourth-order valence-corrected chi connectivity index (χ4v) is 2.08. The van der Waals surface area contributed by atoms with Gasteiger partial charge in [0.25, 0.3) is 0 Å². The second-order valence-corrected chi connectivity index (χ2v) is 4.85. The molecule has 1 aromatic rings. The van der Waals surface area contributed by atoms with Gasteiger partial charge in [0, 0.05) is 39.6 Å². The smallest absolute Gasteiger partial charge is 0.307 e. The van der Waals surface area contributed by atoms with Crippen LogP contribution in [0.25, 0.3) is 0 Å². The number of esters is 1. The highest BCUT2D eigenvalue weighted by Gasteiger charge is 2.10. The first-order chi connectivity index (χ1) is 9.47. The van der Waals surface area contributed by atoms with E-state index < -0.39 is 0 Å². The fraction of sp³-hybridized carbons (Fsp3) is 0.538. The SMILES string of the molecule is CN=C(NCCC(=O)OC)N(C)Cc1cc(Cl)cn1C. The van der Waals surface area contributed by atoms with Crippen molar-refractivity contribution >= 4 is 23.5 Å². The van der Waals surface area contributed by atoms with Gasteiger partial charge in [-0.05, 0) is 6.07 Å². The first-order valence-corrected chi connectivity index (χ1v) is 6.65. The molecule has 112 valence electrons. The van der Waals surface area contributed by atoms with Gasteiger partial charge in [-0.25, -0.2) is 0 Å². The van der Waals surface area contributed by atoms with E-state index in [4.69, 9.17) is 11.6 Å². The Hall–Kier alpha value is -1.69. The molecule has 0 saturated carbocycles. The third-order valence-corrected chi connectivity index (χ3v) is 3.09. The lowest BCUT2D eigenvalue weighted by molar-refractivity contribution is -0.140. The van der Waals surface area contributed by atoms with Crippen LogP contribution in [0.4, 0.5) is 0 Å². The Labute approximate surface area is 124 Å². The topological polar surface area (TPSA) is 58.9 Å². The highest BCUT2D eigenvalue weighted by Crippen LogP contribution is 2.14. The molecule has 0 unspecified atom stereocenters. The summed E-state index contributed by atoms with van der Waals surface area (Å²) in [6.07, 6.45) is 2.16. The number of hydrogen-bond acceptors (Lipinski definition) is 3. The Morgan fingerprint density at radius 1 is 1.60 bits per heavy atom. The van der Waals surface area contributed by atoms with Gasteiger partial charge < -0.3 is 19.5 Å². The van der Waals surface area contributed by atoms with Crippen LogP contribution >= 0.6 is 11.6 Å². The Morgan fingerprint density at radius 3 is 2.80 bits per heavy atom. The van der Waals surface area contributed by atoms with Gasteiger partial charge in [0.2, 0.25) is 0 Å². The molecule has 7 heteroatoms. The molecule has 1 aromatic heterocycles. The molecular weight excluding hydrogens is 280 g/mol. The van der Waals surface area contributed by atoms with E-state index in [9.17, 15) is 4.79 Å². The maximum atomic E-state index is 11.1. The van der Waals surface area contributed by atoms with Crippen molar-refractivity contribution in [3.8, 4) is 0 Å². The average molecular weight is 301 g/mol. The van der Waals surface area contributed by atoms with Crippen LogP contribution in [0.2, 0.25) is 5.02 Å². The Morgan fingerprint density at radius 2 is 2.30 bits per heavy atom. The van der Waals surface area contributed by atoms with E-state index in [2.05, 4.69) is 15.0 Å². The van der Waals surface area contributed by atoms with E-state index in [1.807, 2.05) is 35.8 Å². The summed E-state index contributed by atoms with van der Waals surface area (Å²) in [5.74, 6) is 0.469. The number of methoxy groups -OCH3 is 1. The number of ether oxygens (including phenoxy) is 1. The molecule has 0 aliphatic rings. The summed E-state index contributed by atoms with van der Waals surface area (Å²) in [6.45, 7) is 1.15. The van der Waals surface area contributed by atoms with Gasteiger partial charge in [-0.15, -0.1) is 0 Å². The number of hydrogen-bond donors (Lipinski definition) is 1. The molecular formula is C13H21ClN4O2. The number of guanidine groups is 1. The lowest BCUT2D eigenvalue weighted by atomic mass is 10.4. The van der Waals surface area contributed by atoms with Crippen LogP contribution in [0.5, 0.6) is 0 Å². The van der Waals surface area contributed by atoms with Crippen molar-refractivity contribution in [1.29, 1.82) is 0 Å². The highest BCUT2D eigenvalue weighted by atomic mass is 35.5. The molecule has 6 nitrogen and oxygen atoms in total. The van der Waals surface area contributed by atoms with Gasteiger partial charge in [0.15, 0.2) is 5.96 Å². The number of aromatic nitrogens is 1. The number of aryl methyl sites for hydroxylation is 1. The Kier molecular flexibility index (Phi) is 6.38. The average Bonchev–Trinajstić information content (AvgIpc) is 2.72. The van der Waals surface area contributed by atoms with Gasteiger partial charge in [0.05, 0.1) is 25.1 Å². The van der Waals surface area contributed by atoms with Gasteiger partial charge in [0.1, 0.15) is 0 Å². The predicted octanol–water partition coefficient (Wildman–Crippen LogP) is 1.25. The number of halogens is 1. The van der Waals surface area contributed by atoms with Gasteiger partial charge in [-0.2, -0.15) is 0 Å². The zero-order valence-corrected chi connectivity index (χ0v) is 13.1. The molecule has 0 aliphatic carbocycles. The standard InChI is InChI=1S/C13H21ClN4O2/c1-15-13(16-6-5-12(19)20-4)18(3)9-11-7-10(14)8-17(11)2/h7-8H,5-6,9H2,1-4H3,(H,15,16). The lowest BCUT2D eigenvalue weighted by Crippen LogP contribution is -2.39. The quantitative estimate of drug-likeness (QED) is 0.505. The molecule has 1 heterocycles. The minimum absolute atomic E-state index is 0.246. The summed E-state index contributed by atoms with van der Waals surface area (Å²) in [5.41, 5.74) is 1.08. The van der Waals surface area contributed by atoms with E-state index in [1.54, 1.807) is 7.05 Å². The van der Waals surface area contributed by atoms with Crippen LogP contribution in [-0.4, -0.2) is 49.1 Å². The third-order valence-electron chi connectivity index (χ3n) is 2.89. The molecule has 0 atom stereocenters. The zero-order chi connectivity index (χ0) is 15.1. The molecule has 0 bridgehead atoms. The summed E-state index contributed by atoms with van der Waals surface area (Å²) in [7, 11) is 6.95. The van der Waals surface area contributed by atoms with Crippen LogP contribution in [0, 0.1) is 0 Å². The molecule has 1 rings (SSSR count). The van der Waals surface area contributed by atoms with Crippen molar-refractivity contribution in [3.05, 3.63) is 23.0 Å². The summed E-state index contributed by atoms with van der Waals surface area (Å²) in [4.78, 5) is 17.2. The largest absolute Gasteiger partial charge is 0.469 e. The van der Waals surface area contributed by atoms with Gasteiger partial charge >= 0.3 is 5.97 Å². The second kappa shape index (κ2) is 7.79. The van der Waals surface area contributed by atoms with E-state index in [0.717, 1.165) is 5.69 Å². The van der Waals surface area contributed by atoms with Crippen molar-refractivity contribution in [3.63, 3.8) is 0 Å². The number of carbonyl (C=O) groups is 1. The molecule has 0 spiro atoms. The van der Waals surface area contributed by atoms with Crippen molar-refractivity contribution in [2.24, 2.45) is 12.0 Å². The first kappa shape index (κ1) is 16.4. The molecule has 0 saturated heterocycles. The van der Waals surface area contributed by atoms with Crippen LogP contribution in [0.1, 0.15) is 12.1 Å². The summed E-state index contributed by atoms with van der Waals surface area (Å²) < 4.78 is 6.56. The predicted molar refractivity (Wildman–Crippen MR) is 79.9 cm³/mol. The molecule has 0 aromatic carbocycles. The normalized spacial score (nSPS) is 11.3. The third kappa shape index (κ3) is 4.77. The Bertz CT molecular complexity index is 485. The minimum atomic E-state index is -0.246. The maximum Gasteiger partial charge on any atom is 0.307 e. The molecule has 0 aliphatic heterocycles. The highest BCUT2D eigenvalue weighted by molar-refractivity contribution is 6.30. The van der Waals surface area contributed by atoms with E-state index in [1.165, 1.54) is 7.11 Å². The minimum Gasteiger partial charge on any atom is -0.469 e. The number of carbonyl (C=O) groups excluding carboxylic acids is 1. The van der Waals surface area contributed by atoms with E-state index in [-0.39, 0.29) is 5.97 Å². The Balaban J connectivity index is 2.53. The molecule has 20 heavy (non-hydrogen) atoms. The van der Waals surface area contributed by atoms with Crippen molar-refractivity contribution in [2.45, 2.75) is 13.0 Å². The van der Waals surface area contributed by atoms with Gasteiger partial charge in [-0.1, -0.05) is 11.6 Å². The van der Waals surface area contributed by atoms with Crippen LogP contribution in [0.15, 0.2) is 17.3 Å². The summed E-state index contributed by atoms with van der Waals surface area (Å²) >= 11 is 5.96. The number of aliphatic imine (C=N–C) groups is 1. The van der Waals surface area contributed by atoms with E-state index in [0.29, 0.717) is 30.5 Å². The molecule has 1 N–H and O–H groups in total. The number of nitrogens with zero attached hydrogens (tertiary/aromatic N) is 3. The molecule has 0 amide bonds. The van der Waals surface area contributed by atoms with Crippen molar-refractivity contribution in [1.82, 2.24) is 14.8 Å². The molecule has 0 fully saturated rings. The number of rotatable bonds is 5. The monoisotopic (exact) mass is 300 g/mol. The van der Waals surface area contributed by atoms with Crippen LogP contribution in [0.3, 0.4) is 0 Å². The summed E-state index contributed by atoms with van der Waals surface area (Å²) in [5, 5.41) is 3.83. The number of nitrogens with one attached hydrogen (secondary N) is 1. The molecule has 0 radical (unpaired) electrons. The fourth-order valence-electron chi connectivity index (χ4n) is 1.80. The van der Waals surface area contributed by atoms with Crippen molar-refractivity contribution in [2.75, 3.05) is 27.7 Å². The maximum absolute atomic E-state index is 11.1. The zero-order valence-electron chi connectivity index (χ0n) is 12.3. The lowest BCUT2D eigenvalue weighted by Gasteiger charge is -2.22.